The van der Waals surface area contributed by atoms with Crippen LogP contribution in [-0.2, 0) is 28.7 Å². The smallest absolute Gasteiger partial charge is 0.303 e. The molecule has 0 aromatic carbocycles. The number of esters is 2. The summed E-state index contributed by atoms with van der Waals surface area (Å²) >= 11 is 0. The van der Waals surface area contributed by atoms with Crippen LogP contribution in [0.2, 0.25) is 0 Å². The number of hydrogen-bond donors (Lipinski definition) is 1. The quantitative estimate of drug-likeness (QED) is 0.599. The summed E-state index contributed by atoms with van der Waals surface area (Å²) in [5, 5.41) is 9.84. The van der Waals surface area contributed by atoms with Crippen LogP contribution in [0.4, 0.5) is 8.78 Å². The van der Waals surface area contributed by atoms with Crippen LogP contribution in [-0.4, -0.2) is 58.8 Å². The number of ketones is 2. The predicted octanol–water partition coefficient (Wildman–Crippen LogP) is 2.99. The highest BCUT2D eigenvalue weighted by molar-refractivity contribution is 6.01. The van der Waals surface area contributed by atoms with E-state index < -0.39 is 82.2 Å². The Morgan fingerprint density at radius 2 is 1.80 bits per heavy atom. The second-order valence-electron chi connectivity index (χ2n) is 11.0. The lowest BCUT2D eigenvalue weighted by Crippen LogP contribution is -2.71. The Morgan fingerprint density at radius 1 is 1.14 bits per heavy atom. The van der Waals surface area contributed by atoms with E-state index in [1.807, 2.05) is 0 Å². The molecule has 9 heteroatoms. The highest BCUT2D eigenvalue weighted by atomic mass is 19.1. The van der Waals surface area contributed by atoms with Crippen LogP contribution in [0.1, 0.15) is 53.9 Å². The van der Waals surface area contributed by atoms with Crippen LogP contribution in [0.5, 0.6) is 0 Å². The van der Waals surface area contributed by atoms with Gasteiger partial charge in [-0.3, -0.25) is 19.2 Å². The monoisotopic (exact) mass is 494 g/mol. The van der Waals surface area contributed by atoms with E-state index in [9.17, 15) is 24.3 Å². The van der Waals surface area contributed by atoms with Crippen molar-refractivity contribution in [2.24, 2.45) is 28.6 Å². The molecule has 0 aromatic rings. The highest BCUT2D eigenvalue weighted by Gasteiger charge is 2.78. The van der Waals surface area contributed by atoms with Gasteiger partial charge in [0.15, 0.2) is 17.1 Å². The van der Waals surface area contributed by atoms with E-state index >= 15 is 8.78 Å². The van der Waals surface area contributed by atoms with E-state index in [0.717, 1.165) is 19.9 Å². The van der Waals surface area contributed by atoms with Crippen molar-refractivity contribution in [1.82, 2.24) is 0 Å². The second-order valence-corrected chi connectivity index (χ2v) is 11.0. The average Bonchev–Trinajstić information content (AvgIpc) is 2.98. The van der Waals surface area contributed by atoms with E-state index in [2.05, 4.69) is 0 Å². The van der Waals surface area contributed by atoms with Crippen LogP contribution in [0.3, 0.4) is 0 Å². The number of halogens is 2. The summed E-state index contributed by atoms with van der Waals surface area (Å²) in [5.74, 6) is -4.91. The van der Waals surface area contributed by atoms with Crippen molar-refractivity contribution < 1.29 is 42.5 Å². The summed E-state index contributed by atoms with van der Waals surface area (Å²) in [5.41, 5.74) is -6.89. The Labute approximate surface area is 202 Å². The number of hydrogen-bond acceptors (Lipinski definition) is 7. The van der Waals surface area contributed by atoms with E-state index in [0.29, 0.717) is 0 Å². The number of aliphatic hydroxyl groups excluding tert-OH is 1. The summed E-state index contributed by atoms with van der Waals surface area (Å²) in [6.07, 6.45) is 0.405. The minimum Gasteiger partial charge on any atom is -0.459 e. The Bertz CT molecular complexity index is 1050. The van der Waals surface area contributed by atoms with Crippen molar-refractivity contribution >= 4 is 23.5 Å². The molecule has 0 amide bonds. The molecule has 35 heavy (non-hydrogen) atoms. The Hall–Kier alpha value is -2.42. The van der Waals surface area contributed by atoms with Gasteiger partial charge in [-0.15, -0.1) is 0 Å². The maximum Gasteiger partial charge on any atom is 0.303 e. The van der Waals surface area contributed by atoms with E-state index in [1.165, 1.54) is 19.1 Å². The zero-order valence-electron chi connectivity index (χ0n) is 20.6. The largest absolute Gasteiger partial charge is 0.459 e. The molecule has 0 spiro atoms. The lowest BCUT2D eigenvalue weighted by Gasteiger charge is -2.63. The molecular weight excluding hydrogens is 462 g/mol. The van der Waals surface area contributed by atoms with Crippen molar-refractivity contribution in [3.8, 4) is 0 Å². The molecule has 192 valence electrons. The van der Waals surface area contributed by atoms with E-state index in [1.54, 1.807) is 13.8 Å². The molecule has 4 aliphatic carbocycles. The van der Waals surface area contributed by atoms with Crippen molar-refractivity contribution in [3.63, 3.8) is 0 Å². The number of fused-ring (bicyclic) bond motifs is 5. The summed E-state index contributed by atoms with van der Waals surface area (Å²) in [7, 11) is 0. The van der Waals surface area contributed by atoms with Crippen molar-refractivity contribution in [2.75, 3.05) is 6.61 Å². The lowest BCUT2D eigenvalue weighted by atomic mass is 9.44. The van der Waals surface area contributed by atoms with E-state index in [4.69, 9.17) is 9.47 Å². The standard InChI is InChI=1S/C26H32F2O7/c1-13-8-17-18-10-20(27)19-9-16(32)6-7-23(19,4)25(18,28)22(34-14(2)30)11-24(17,5)26(13,21(33)12-29)35-15(3)31/h6-7,9,13,17-18,20,22,29H,8,10-12H2,1-5H3/t13-,17-,18-,20-,22-,23-,24-,25-,26-/m0/s1. The third kappa shape index (κ3) is 3.16. The molecule has 4 rings (SSSR count). The molecule has 0 aromatic heterocycles. The normalized spacial score (nSPS) is 46.1. The number of carbonyl (C=O) groups excluding carboxylic acids is 4. The van der Waals surface area contributed by atoms with Crippen LogP contribution >= 0.6 is 0 Å². The van der Waals surface area contributed by atoms with Crippen molar-refractivity contribution in [1.29, 1.82) is 0 Å². The van der Waals surface area contributed by atoms with Crippen LogP contribution < -0.4 is 0 Å². The number of alkyl halides is 2. The first kappa shape index (κ1) is 25.7. The molecule has 0 bridgehead atoms. The number of rotatable bonds is 4. The fourth-order valence-corrected chi connectivity index (χ4v) is 8.03. The Kier molecular flexibility index (Phi) is 5.90. The van der Waals surface area contributed by atoms with E-state index in [-0.39, 0.29) is 24.8 Å². The SMILES string of the molecule is CC(=O)O[C@H]1C[C@@]2(C)[C@@H](C[C@H](C)[C@]2(OC(C)=O)C(=O)CO)[C@@H]2C[C@H](F)C3=CC(=O)C=C[C@]3(C)[C@@]12F. The van der Waals surface area contributed by atoms with Gasteiger partial charge in [0, 0.05) is 36.5 Å². The fourth-order valence-electron chi connectivity index (χ4n) is 8.03. The minimum absolute atomic E-state index is 0.00762. The molecule has 4 aliphatic rings. The Balaban J connectivity index is 1.95. The first-order valence-electron chi connectivity index (χ1n) is 12.0. The number of aliphatic hydroxyl groups is 1. The number of carbonyl (C=O) groups is 4. The third-order valence-electron chi connectivity index (χ3n) is 9.32. The zero-order chi connectivity index (χ0) is 26.1. The fraction of sp³-hybridized carbons (Fsp3) is 0.692. The summed E-state index contributed by atoms with van der Waals surface area (Å²) in [4.78, 5) is 49.6. The predicted molar refractivity (Wildman–Crippen MR) is 119 cm³/mol. The van der Waals surface area contributed by atoms with Gasteiger partial charge in [0.2, 0.25) is 5.78 Å². The molecule has 0 radical (unpaired) electrons. The molecule has 3 fully saturated rings. The van der Waals surface area contributed by atoms with Gasteiger partial charge in [0.1, 0.15) is 18.9 Å². The molecule has 0 unspecified atom stereocenters. The molecule has 0 heterocycles. The van der Waals surface area contributed by atoms with Gasteiger partial charge in [0.25, 0.3) is 0 Å². The van der Waals surface area contributed by atoms with Gasteiger partial charge in [-0.05, 0) is 49.8 Å². The van der Waals surface area contributed by atoms with Gasteiger partial charge in [0.05, 0.1) is 0 Å². The van der Waals surface area contributed by atoms with Gasteiger partial charge in [-0.25, -0.2) is 8.78 Å². The highest BCUT2D eigenvalue weighted by Crippen LogP contribution is 2.72. The molecule has 0 aliphatic heterocycles. The van der Waals surface area contributed by atoms with Gasteiger partial charge in [-0.2, -0.15) is 0 Å². The van der Waals surface area contributed by atoms with Crippen molar-refractivity contribution in [3.05, 3.63) is 23.8 Å². The van der Waals surface area contributed by atoms with Crippen LogP contribution in [0.25, 0.3) is 0 Å². The van der Waals surface area contributed by atoms with Gasteiger partial charge in [-0.1, -0.05) is 19.9 Å². The van der Waals surface area contributed by atoms with Crippen LogP contribution in [0, 0.1) is 28.6 Å². The summed E-state index contributed by atoms with van der Waals surface area (Å²) in [6.45, 7) is 6.28. The topological polar surface area (TPSA) is 107 Å². The maximum atomic E-state index is 17.7. The third-order valence-corrected chi connectivity index (χ3v) is 9.32. The Morgan fingerprint density at radius 3 is 2.37 bits per heavy atom. The molecule has 0 saturated heterocycles. The van der Waals surface area contributed by atoms with Gasteiger partial charge < -0.3 is 14.6 Å². The molecule has 3 saturated carbocycles. The number of Topliss-reactive ketones (excluding diaryl/α,β-unsaturated/α-hetero) is 1. The summed E-state index contributed by atoms with van der Waals surface area (Å²) < 4.78 is 44.6. The zero-order valence-corrected chi connectivity index (χ0v) is 20.6. The second kappa shape index (κ2) is 8.05. The molecule has 9 atom stereocenters. The lowest BCUT2D eigenvalue weighted by molar-refractivity contribution is -0.238. The number of allylic oxidation sites excluding steroid dienone is 4. The van der Waals surface area contributed by atoms with Gasteiger partial charge >= 0.3 is 11.9 Å². The number of ether oxygens (including phenoxy) is 2. The first-order valence-corrected chi connectivity index (χ1v) is 12.0. The van der Waals surface area contributed by atoms with Crippen molar-refractivity contribution in [2.45, 2.75) is 77.4 Å². The minimum atomic E-state index is -2.29. The first-order chi connectivity index (χ1) is 16.2. The maximum absolute atomic E-state index is 17.7. The molecular formula is C26H32F2O7. The average molecular weight is 495 g/mol. The molecule has 7 nitrogen and oxygen atoms in total. The molecule has 1 N–H and O–H groups in total. The summed E-state index contributed by atoms with van der Waals surface area (Å²) in [6, 6.07) is 0. The van der Waals surface area contributed by atoms with Crippen LogP contribution in [0.15, 0.2) is 23.8 Å².